The van der Waals surface area contributed by atoms with Crippen molar-refractivity contribution in [2.75, 3.05) is 26.0 Å². The Labute approximate surface area is 126 Å². The predicted molar refractivity (Wildman–Crippen MR) is 85.2 cm³/mol. The fraction of sp³-hybridized carbons (Fsp3) is 0.600. The summed E-state index contributed by atoms with van der Waals surface area (Å²) in [5, 5.41) is 4.28. The Morgan fingerprint density at radius 3 is 2.79 bits per heavy atom. The normalized spacial score (nSPS) is 11.2. The number of hydrogen-bond donors (Lipinski definition) is 1. The number of rotatable bonds is 9. The van der Waals surface area contributed by atoms with Crippen molar-refractivity contribution in [1.82, 2.24) is 5.32 Å². The lowest BCUT2D eigenvalue weighted by Gasteiger charge is -2.09. The Kier molecular flexibility index (Phi) is 8.55. The van der Waals surface area contributed by atoms with Crippen molar-refractivity contribution in [2.24, 2.45) is 5.92 Å². The van der Waals surface area contributed by atoms with E-state index < -0.39 is 0 Å². The lowest BCUT2D eigenvalue weighted by atomic mass is 10.2. The van der Waals surface area contributed by atoms with Crippen molar-refractivity contribution in [3.05, 3.63) is 28.8 Å². The smallest absolute Gasteiger partial charge is 0.0545 e. The first kappa shape index (κ1) is 16.8. The van der Waals surface area contributed by atoms with Crippen LogP contribution in [0.4, 0.5) is 0 Å². The molecule has 4 heteroatoms. The van der Waals surface area contributed by atoms with Crippen LogP contribution in [-0.2, 0) is 11.3 Å². The average molecular weight is 302 g/mol. The van der Waals surface area contributed by atoms with E-state index in [0.29, 0.717) is 5.92 Å². The zero-order chi connectivity index (χ0) is 14.1. The highest BCUT2D eigenvalue weighted by atomic mass is 35.5. The van der Waals surface area contributed by atoms with Crippen molar-refractivity contribution in [1.29, 1.82) is 0 Å². The van der Waals surface area contributed by atoms with Gasteiger partial charge in [-0.2, -0.15) is 0 Å². The molecule has 1 N–H and O–H groups in total. The van der Waals surface area contributed by atoms with Crippen LogP contribution in [-0.4, -0.2) is 26.0 Å². The van der Waals surface area contributed by atoms with Crippen LogP contribution < -0.4 is 5.32 Å². The molecular weight excluding hydrogens is 278 g/mol. The molecule has 0 aliphatic rings. The molecular formula is C15H24ClNOS. The molecule has 0 radical (unpaired) electrons. The third kappa shape index (κ3) is 7.21. The monoisotopic (exact) mass is 301 g/mol. The van der Waals surface area contributed by atoms with Gasteiger partial charge in [-0.3, -0.25) is 0 Å². The fourth-order valence-electron chi connectivity index (χ4n) is 1.66. The van der Waals surface area contributed by atoms with Crippen LogP contribution >= 0.6 is 23.4 Å². The summed E-state index contributed by atoms with van der Waals surface area (Å²) in [6.45, 7) is 7.14. The molecule has 0 aliphatic carbocycles. The molecule has 0 saturated heterocycles. The van der Waals surface area contributed by atoms with E-state index in [1.165, 1.54) is 5.56 Å². The van der Waals surface area contributed by atoms with E-state index in [9.17, 15) is 0 Å². The SMILES string of the molecule is COCCCSc1ccc(CNCC(C)C)cc1Cl. The number of benzene rings is 1. The summed E-state index contributed by atoms with van der Waals surface area (Å²) < 4.78 is 5.04. The minimum atomic E-state index is 0.672. The molecule has 0 aliphatic heterocycles. The summed E-state index contributed by atoms with van der Waals surface area (Å²) in [6, 6.07) is 6.33. The van der Waals surface area contributed by atoms with E-state index in [0.717, 1.165) is 41.8 Å². The van der Waals surface area contributed by atoms with Gasteiger partial charge in [0.05, 0.1) is 5.02 Å². The Balaban J connectivity index is 2.40. The topological polar surface area (TPSA) is 21.3 Å². The van der Waals surface area contributed by atoms with Gasteiger partial charge in [-0.15, -0.1) is 11.8 Å². The zero-order valence-electron chi connectivity index (χ0n) is 12.0. The van der Waals surface area contributed by atoms with E-state index in [4.69, 9.17) is 16.3 Å². The minimum absolute atomic E-state index is 0.672. The number of ether oxygens (including phenoxy) is 1. The molecule has 1 rings (SSSR count). The van der Waals surface area contributed by atoms with Gasteiger partial charge >= 0.3 is 0 Å². The standard InChI is InChI=1S/C15H24ClNOS/c1-12(2)10-17-11-13-5-6-15(14(16)9-13)19-8-4-7-18-3/h5-6,9,12,17H,4,7-8,10-11H2,1-3H3. The minimum Gasteiger partial charge on any atom is -0.385 e. The third-order valence-electron chi connectivity index (χ3n) is 2.63. The summed E-state index contributed by atoms with van der Waals surface area (Å²) in [5.41, 5.74) is 1.24. The molecule has 1 aromatic rings. The first-order valence-corrected chi connectivity index (χ1v) is 8.10. The molecule has 0 fully saturated rings. The first-order chi connectivity index (χ1) is 9.13. The van der Waals surface area contributed by atoms with Crippen molar-refractivity contribution in [2.45, 2.75) is 31.7 Å². The van der Waals surface area contributed by atoms with Gasteiger partial charge in [0.2, 0.25) is 0 Å². The molecule has 0 amide bonds. The molecule has 0 spiro atoms. The van der Waals surface area contributed by atoms with Gasteiger partial charge in [0.1, 0.15) is 0 Å². The van der Waals surface area contributed by atoms with Crippen LogP contribution in [0.3, 0.4) is 0 Å². The summed E-state index contributed by atoms with van der Waals surface area (Å²) in [5.74, 6) is 1.71. The summed E-state index contributed by atoms with van der Waals surface area (Å²) in [6.07, 6.45) is 1.05. The second-order valence-corrected chi connectivity index (χ2v) is 6.53. The summed E-state index contributed by atoms with van der Waals surface area (Å²) in [4.78, 5) is 1.16. The average Bonchev–Trinajstić information content (AvgIpc) is 2.36. The Morgan fingerprint density at radius 1 is 1.37 bits per heavy atom. The highest BCUT2D eigenvalue weighted by molar-refractivity contribution is 7.99. The molecule has 108 valence electrons. The van der Waals surface area contributed by atoms with Crippen LogP contribution in [0.25, 0.3) is 0 Å². The lowest BCUT2D eigenvalue weighted by molar-refractivity contribution is 0.200. The maximum absolute atomic E-state index is 6.30. The Morgan fingerprint density at radius 2 is 2.16 bits per heavy atom. The molecule has 0 unspecified atom stereocenters. The Hall–Kier alpha value is -0.220. The van der Waals surface area contributed by atoms with E-state index in [1.807, 2.05) is 0 Å². The predicted octanol–water partition coefficient (Wildman–Crippen LogP) is 4.21. The van der Waals surface area contributed by atoms with Crippen molar-refractivity contribution in [3.8, 4) is 0 Å². The third-order valence-corrected chi connectivity index (χ3v) is 4.21. The molecule has 1 aromatic carbocycles. The number of halogens is 1. The molecule has 0 saturated carbocycles. The summed E-state index contributed by atoms with van der Waals surface area (Å²) >= 11 is 8.10. The van der Waals surface area contributed by atoms with Gasteiger partial charge in [-0.05, 0) is 36.6 Å². The molecule has 0 aromatic heterocycles. The zero-order valence-corrected chi connectivity index (χ0v) is 13.6. The maximum Gasteiger partial charge on any atom is 0.0545 e. The first-order valence-electron chi connectivity index (χ1n) is 6.74. The number of hydrogen-bond acceptors (Lipinski definition) is 3. The maximum atomic E-state index is 6.30. The number of nitrogens with one attached hydrogen (secondary N) is 1. The molecule has 2 nitrogen and oxygen atoms in total. The molecule has 19 heavy (non-hydrogen) atoms. The molecule has 0 atom stereocenters. The summed E-state index contributed by atoms with van der Waals surface area (Å²) in [7, 11) is 1.73. The van der Waals surface area contributed by atoms with Crippen LogP contribution in [0.15, 0.2) is 23.1 Å². The van der Waals surface area contributed by atoms with Crippen LogP contribution in [0.2, 0.25) is 5.02 Å². The highest BCUT2D eigenvalue weighted by Crippen LogP contribution is 2.28. The van der Waals surface area contributed by atoms with Crippen LogP contribution in [0.5, 0.6) is 0 Å². The van der Waals surface area contributed by atoms with Gasteiger partial charge in [-0.1, -0.05) is 31.5 Å². The van der Waals surface area contributed by atoms with Crippen molar-refractivity contribution >= 4 is 23.4 Å². The van der Waals surface area contributed by atoms with Gasteiger partial charge in [0, 0.05) is 30.9 Å². The van der Waals surface area contributed by atoms with Crippen molar-refractivity contribution < 1.29 is 4.74 Å². The van der Waals surface area contributed by atoms with Crippen LogP contribution in [0, 0.1) is 5.92 Å². The Bertz CT molecular complexity index is 371. The molecule has 0 heterocycles. The number of thioether (sulfide) groups is 1. The van der Waals surface area contributed by atoms with Gasteiger partial charge in [0.15, 0.2) is 0 Å². The highest BCUT2D eigenvalue weighted by Gasteiger charge is 2.03. The second-order valence-electron chi connectivity index (χ2n) is 4.98. The van der Waals surface area contributed by atoms with Crippen LogP contribution in [0.1, 0.15) is 25.8 Å². The van der Waals surface area contributed by atoms with Gasteiger partial charge in [0.25, 0.3) is 0 Å². The van der Waals surface area contributed by atoms with Crippen molar-refractivity contribution in [3.63, 3.8) is 0 Å². The second kappa shape index (κ2) is 9.65. The van der Waals surface area contributed by atoms with Gasteiger partial charge in [-0.25, -0.2) is 0 Å². The van der Waals surface area contributed by atoms with E-state index >= 15 is 0 Å². The number of methoxy groups -OCH3 is 1. The molecule has 0 bridgehead atoms. The fourth-order valence-corrected chi connectivity index (χ4v) is 2.87. The van der Waals surface area contributed by atoms with E-state index in [-0.39, 0.29) is 0 Å². The quantitative estimate of drug-likeness (QED) is 0.545. The van der Waals surface area contributed by atoms with E-state index in [2.05, 4.69) is 37.4 Å². The lowest BCUT2D eigenvalue weighted by Crippen LogP contribution is -2.18. The van der Waals surface area contributed by atoms with E-state index in [1.54, 1.807) is 18.9 Å². The largest absolute Gasteiger partial charge is 0.385 e. The van der Waals surface area contributed by atoms with Gasteiger partial charge < -0.3 is 10.1 Å².